The maximum absolute atomic E-state index is 10.9. The van der Waals surface area contributed by atoms with Crippen LogP contribution < -0.4 is 16.6 Å². The molecule has 112 valence electrons. The molecule has 0 atom stereocenters. The van der Waals surface area contributed by atoms with E-state index in [1.165, 1.54) is 12.1 Å². The van der Waals surface area contributed by atoms with Crippen LogP contribution in [0.5, 0.6) is 0 Å². The normalized spacial score (nSPS) is 11.2. The van der Waals surface area contributed by atoms with Gasteiger partial charge < -0.3 is 10.7 Å². The zero-order valence-corrected chi connectivity index (χ0v) is 12.9. The van der Waals surface area contributed by atoms with Crippen molar-refractivity contribution in [1.29, 1.82) is 0 Å². The van der Waals surface area contributed by atoms with Crippen LogP contribution in [0.15, 0.2) is 18.2 Å². The summed E-state index contributed by atoms with van der Waals surface area (Å²) >= 11 is 1.82. The SMILES string of the molecule is CCC(CC)(CNc1cc(NN)cc([N+](=O)[O-])c1)SC. The summed E-state index contributed by atoms with van der Waals surface area (Å²) in [5.41, 5.74) is 3.69. The molecule has 0 aliphatic heterocycles. The van der Waals surface area contributed by atoms with Crippen molar-refractivity contribution < 1.29 is 4.92 Å². The lowest BCUT2D eigenvalue weighted by atomic mass is 10.0. The number of hydrazine groups is 1. The molecule has 0 saturated heterocycles. The topological polar surface area (TPSA) is 93.2 Å². The largest absolute Gasteiger partial charge is 0.383 e. The van der Waals surface area contributed by atoms with Crippen LogP contribution in [0.1, 0.15) is 26.7 Å². The van der Waals surface area contributed by atoms with Crippen LogP contribution in [0.4, 0.5) is 17.1 Å². The molecule has 0 heterocycles. The number of nitrogens with one attached hydrogen (secondary N) is 2. The molecule has 0 spiro atoms. The van der Waals surface area contributed by atoms with Crippen molar-refractivity contribution >= 4 is 28.8 Å². The summed E-state index contributed by atoms with van der Waals surface area (Å²) in [4.78, 5) is 10.5. The minimum atomic E-state index is -0.423. The number of anilines is 2. The molecule has 6 nitrogen and oxygen atoms in total. The van der Waals surface area contributed by atoms with Crippen LogP contribution in [-0.2, 0) is 0 Å². The molecule has 0 bridgehead atoms. The third kappa shape index (κ3) is 4.01. The van der Waals surface area contributed by atoms with E-state index in [0.29, 0.717) is 11.4 Å². The standard InChI is InChI=1S/C13H22N4O2S/c1-4-13(5-2,20-3)9-15-10-6-11(16-14)8-12(7-10)17(18)19/h6-8,15-16H,4-5,9,14H2,1-3H3. The smallest absolute Gasteiger partial charge is 0.273 e. The van der Waals surface area contributed by atoms with Gasteiger partial charge in [-0.1, -0.05) is 13.8 Å². The molecule has 0 aromatic heterocycles. The van der Waals surface area contributed by atoms with Crippen LogP contribution in [0, 0.1) is 10.1 Å². The fourth-order valence-corrected chi connectivity index (χ4v) is 2.82. The number of nitrogens with two attached hydrogens (primary N) is 1. The van der Waals surface area contributed by atoms with E-state index in [2.05, 4.69) is 30.8 Å². The van der Waals surface area contributed by atoms with E-state index in [0.717, 1.165) is 19.4 Å². The van der Waals surface area contributed by atoms with Gasteiger partial charge in [-0.2, -0.15) is 11.8 Å². The van der Waals surface area contributed by atoms with Crippen molar-refractivity contribution in [2.24, 2.45) is 5.84 Å². The molecule has 0 aliphatic carbocycles. The van der Waals surface area contributed by atoms with Gasteiger partial charge >= 0.3 is 0 Å². The lowest BCUT2D eigenvalue weighted by Crippen LogP contribution is -2.32. The summed E-state index contributed by atoms with van der Waals surface area (Å²) < 4.78 is 0.140. The summed E-state index contributed by atoms with van der Waals surface area (Å²) in [5, 5.41) is 14.2. The minimum Gasteiger partial charge on any atom is -0.383 e. The molecular formula is C13H22N4O2S. The van der Waals surface area contributed by atoms with Crippen LogP contribution in [0.2, 0.25) is 0 Å². The Kier molecular flexibility index (Phi) is 6.09. The number of thioether (sulfide) groups is 1. The number of hydrogen-bond donors (Lipinski definition) is 3. The fourth-order valence-electron chi connectivity index (χ4n) is 2.03. The van der Waals surface area contributed by atoms with Gasteiger partial charge in [0.1, 0.15) is 0 Å². The third-order valence-electron chi connectivity index (χ3n) is 3.63. The first-order valence-corrected chi connectivity index (χ1v) is 7.78. The van der Waals surface area contributed by atoms with Gasteiger partial charge in [-0.15, -0.1) is 0 Å². The molecule has 0 amide bonds. The van der Waals surface area contributed by atoms with Gasteiger partial charge in [0.25, 0.3) is 5.69 Å². The Labute approximate surface area is 123 Å². The van der Waals surface area contributed by atoms with Crippen molar-refractivity contribution in [2.45, 2.75) is 31.4 Å². The van der Waals surface area contributed by atoms with E-state index in [4.69, 9.17) is 5.84 Å². The maximum atomic E-state index is 10.9. The number of nitrogen functional groups attached to an aromatic ring is 1. The van der Waals surface area contributed by atoms with Crippen LogP contribution in [0.3, 0.4) is 0 Å². The van der Waals surface area contributed by atoms with Crippen molar-refractivity contribution in [1.82, 2.24) is 0 Å². The van der Waals surface area contributed by atoms with E-state index in [1.807, 2.05) is 11.8 Å². The lowest BCUT2D eigenvalue weighted by molar-refractivity contribution is -0.384. The van der Waals surface area contributed by atoms with Gasteiger partial charge in [0.05, 0.1) is 10.6 Å². The Balaban J connectivity index is 2.91. The first-order chi connectivity index (χ1) is 9.50. The predicted octanol–water partition coefficient (Wildman–Crippen LogP) is 3.21. The highest BCUT2D eigenvalue weighted by Gasteiger charge is 2.24. The molecule has 0 fully saturated rings. The van der Waals surface area contributed by atoms with Crippen molar-refractivity contribution in [3.8, 4) is 0 Å². The second-order valence-corrected chi connectivity index (χ2v) is 5.89. The van der Waals surface area contributed by atoms with Gasteiger partial charge in [-0.3, -0.25) is 16.0 Å². The van der Waals surface area contributed by atoms with Gasteiger partial charge in [-0.05, 0) is 25.2 Å². The van der Waals surface area contributed by atoms with Crippen molar-refractivity contribution in [3.63, 3.8) is 0 Å². The second kappa shape index (κ2) is 7.35. The predicted molar refractivity (Wildman–Crippen MR) is 86.2 cm³/mol. The van der Waals surface area contributed by atoms with Gasteiger partial charge in [0.2, 0.25) is 0 Å². The number of non-ortho nitro benzene ring substituents is 1. The molecule has 1 aromatic rings. The molecular weight excluding hydrogens is 276 g/mol. The van der Waals surface area contributed by atoms with E-state index in [1.54, 1.807) is 6.07 Å². The molecule has 0 unspecified atom stereocenters. The lowest BCUT2D eigenvalue weighted by Gasteiger charge is -2.30. The first kappa shape index (κ1) is 16.6. The molecule has 4 N–H and O–H groups in total. The van der Waals surface area contributed by atoms with Crippen LogP contribution in [-0.4, -0.2) is 22.5 Å². The Morgan fingerprint density at radius 2 is 1.90 bits per heavy atom. The Bertz CT molecular complexity index is 455. The van der Waals surface area contributed by atoms with E-state index in [9.17, 15) is 10.1 Å². The molecule has 0 saturated carbocycles. The number of nitro groups is 1. The molecule has 0 aliphatic rings. The average molecular weight is 298 g/mol. The Morgan fingerprint density at radius 1 is 1.30 bits per heavy atom. The highest BCUT2D eigenvalue weighted by Crippen LogP contribution is 2.31. The number of nitrogens with zero attached hydrogens (tertiary/aromatic N) is 1. The average Bonchev–Trinajstić information content (AvgIpc) is 2.48. The van der Waals surface area contributed by atoms with Gasteiger partial charge in [0.15, 0.2) is 0 Å². The monoisotopic (exact) mass is 298 g/mol. The minimum absolute atomic E-state index is 0.0192. The number of hydrogen-bond acceptors (Lipinski definition) is 6. The Hall–Kier alpha value is -1.47. The zero-order chi connectivity index (χ0) is 15.2. The molecule has 0 radical (unpaired) electrons. The van der Waals surface area contributed by atoms with E-state index < -0.39 is 4.92 Å². The number of benzene rings is 1. The van der Waals surface area contributed by atoms with Crippen LogP contribution >= 0.6 is 11.8 Å². The first-order valence-electron chi connectivity index (χ1n) is 6.55. The van der Waals surface area contributed by atoms with Crippen LogP contribution in [0.25, 0.3) is 0 Å². The number of nitro benzene ring substituents is 1. The van der Waals surface area contributed by atoms with Crippen molar-refractivity contribution in [3.05, 3.63) is 28.3 Å². The fraction of sp³-hybridized carbons (Fsp3) is 0.538. The summed E-state index contributed by atoms with van der Waals surface area (Å²) in [6, 6.07) is 4.70. The summed E-state index contributed by atoms with van der Waals surface area (Å²) in [6.07, 6.45) is 4.16. The molecule has 1 aromatic carbocycles. The zero-order valence-electron chi connectivity index (χ0n) is 12.1. The van der Waals surface area contributed by atoms with E-state index >= 15 is 0 Å². The Morgan fingerprint density at radius 3 is 2.35 bits per heavy atom. The molecule has 20 heavy (non-hydrogen) atoms. The number of rotatable bonds is 8. The third-order valence-corrected chi connectivity index (χ3v) is 5.22. The maximum Gasteiger partial charge on any atom is 0.273 e. The quantitative estimate of drug-likeness (QED) is 0.387. The van der Waals surface area contributed by atoms with Gasteiger partial charge in [0, 0.05) is 29.1 Å². The molecule has 1 rings (SSSR count). The highest BCUT2D eigenvalue weighted by molar-refractivity contribution is 8.00. The van der Waals surface area contributed by atoms with Crippen molar-refractivity contribution in [2.75, 3.05) is 23.5 Å². The summed E-state index contributed by atoms with van der Waals surface area (Å²) in [7, 11) is 0. The van der Waals surface area contributed by atoms with Gasteiger partial charge in [-0.25, -0.2) is 0 Å². The summed E-state index contributed by atoms with van der Waals surface area (Å²) in [5.74, 6) is 5.34. The molecule has 7 heteroatoms. The summed E-state index contributed by atoms with van der Waals surface area (Å²) in [6.45, 7) is 5.07. The van der Waals surface area contributed by atoms with E-state index in [-0.39, 0.29) is 10.4 Å². The second-order valence-electron chi connectivity index (χ2n) is 4.62. The highest BCUT2D eigenvalue weighted by atomic mass is 32.2.